The van der Waals surface area contributed by atoms with Crippen molar-refractivity contribution in [2.75, 3.05) is 19.6 Å². The molecule has 2 N–H and O–H groups in total. The van der Waals surface area contributed by atoms with Gasteiger partial charge in [0.25, 0.3) is 0 Å². The summed E-state index contributed by atoms with van der Waals surface area (Å²) in [7, 11) is 0. The quantitative estimate of drug-likeness (QED) is 0.892. The van der Waals surface area contributed by atoms with E-state index < -0.39 is 0 Å². The van der Waals surface area contributed by atoms with Crippen LogP contribution in [0.1, 0.15) is 38.0 Å². The summed E-state index contributed by atoms with van der Waals surface area (Å²) in [4.78, 5) is 13.7. The number of piperidine rings is 1. The molecule has 21 heavy (non-hydrogen) atoms. The number of thiophene rings is 1. The third-order valence-corrected chi connectivity index (χ3v) is 6.23. The molecule has 3 rings (SSSR count). The van der Waals surface area contributed by atoms with E-state index in [1.807, 2.05) is 0 Å². The van der Waals surface area contributed by atoms with E-state index in [-0.39, 0.29) is 29.6 Å². The Morgan fingerprint density at radius 3 is 2.81 bits per heavy atom. The first kappa shape index (κ1) is 16.8. The lowest BCUT2D eigenvalue weighted by Gasteiger charge is -2.25. The molecule has 1 saturated heterocycles. The molecule has 1 atom stereocenters. The van der Waals surface area contributed by atoms with Crippen molar-refractivity contribution in [2.24, 2.45) is 11.3 Å². The van der Waals surface area contributed by atoms with Gasteiger partial charge in [-0.25, -0.2) is 0 Å². The van der Waals surface area contributed by atoms with E-state index in [1.54, 1.807) is 11.3 Å². The lowest BCUT2D eigenvalue weighted by molar-refractivity contribution is -0.123. The van der Waals surface area contributed by atoms with Crippen LogP contribution in [0.3, 0.4) is 0 Å². The average molecular weight is 329 g/mol. The predicted molar refractivity (Wildman–Crippen MR) is 90.2 cm³/mol. The Balaban J connectivity index is 0.00000161. The maximum atomic E-state index is 12.4. The molecule has 2 fully saturated rings. The first-order chi connectivity index (χ1) is 9.54. The highest BCUT2D eigenvalue weighted by Crippen LogP contribution is 2.58. The van der Waals surface area contributed by atoms with Gasteiger partial charge in [-0.1, -0.05) is 19.9 Å². The first-order valence-electron chi connectivity index (χ1n) is 7.56. The summed E-state index contributed by atoms with van der Waals surface area (Å²) in [6.45, 7) is 7.28. The molecule has 1 aromatic rings. The third kappa shape index (κ3) is 3.43. The molecule has 1 aliphatic heterocycles. The third-order valence-electron chi connectivity index (χ3n) is 5.00. The van der Waals surface area contributed by atoms with E-state index in [1.165, 1.54) is 17.7 Å². The maximum Gasteiger partial charge on any atom is 0.223 e. The topological polar surface area (TPSA) is 41.1 Å². The Morgan fingerprint density at radius 2 is 2.19 bits per heavy atom. The van der Waals surface area contributed by atoms with Gasteiger partial charge in [0.15, 0.2) is 0 Å². The fourth-order valence-corrected chi connectivity index (χ4v) is 4.23. The second kappa shape index (κ2) is 6.27. The Hall–Kier alpha value is -0.580. The zero-order chi connectivity index (χ0) is 14.2. The number of carbonyl (C=O) groups excluding carboxylic acids is 1. The highest BCUT2D eigenvalue weighted by Gasteiger charge is 2.57. The number of hydrogen-bond donors (Lipinski definition) is 2. The zero-order valence-electron chi connectivity index (χ0n) is 12.8. The van der Waals surface area contributed by atoms with Gasteiger partial charge in [-0.05, 0) is 49.2 Å². The molecule has 0 radical (unpaired) electrons. The molecule has 118 valence electrons. The lowest BCUT2D eigenvalue weighted by atomic mass is 9.90. The smallest absolute Gasteiger partial charge is 0.223 e. The summed E-state index contributed by atoms with van der Waals surface area (Å²) < 4.78 is 0. The molecule has 1 saturated carbocycles. The van der Waals surface area contributed by atoms with Crippen molar-refractivity contribution in [3.05, 3.63) is 22.4 Å². The van der Waals surface area contributed by atoms with Crippen LogP contribution >= 0.6 is 23.7 Å². The highest BCUT2D eigenvalue weighted by atomic mass is 35.5. The van der Waals surface area contributed by atoms with Crippen LogP contribution in [0.4, 0.5) is 0 Å². The normalized spacial score (nSPS) is 23.4. The fourth-order valence-electron chi connectivity index (χ4n) is 3.38. The van der Waals surface area contributed by atoms with Gasteiger partial charge in [-0.2, -0.15) is 0 Å². The lowest BCUT2D eigenvalue weighted by Crippen LogP contribution is -2.39. The Labute approximate surface area is 137 Å². The van der Waals surface area contributed by atoms with Gasteiger partial charge in [0.05, 0.1) is 0 Å². The molecule has 2 aliphatic rings. The van der Waals surface area contributed by atoms with Crippen molar-refractivity contribution in [1.29, 1.82) is 0 Å². The second-order valence-electron chi connectivity index (χ2n) is 6.95. The van der Waals surface area contributed by atoms with Gasteiger partial charge in [-0.3, -0.25) is 4.79 Å². The van der Waals surface area contributed by atoms with E-state index in [2.05, 4.69) is 42.0 Å². The van der Waals surface area contributed by atoms with Crippen LogP contribution in [-0.2, 0) is 10.2 Å². The van der Waals surface area contributed by atoms with Gasteiger partial charge >= 0.3 is 0 Å². The molecule has 5 heteroatoms. The van der Waals surface area contributed by atoms with Crippen molar-refractivity contribution in [3.63, 3.8) is 0 Å². The summed E-state index contributed by atoms with van der Waals surface area (Å²) in [6.07, 6.45) is 3.43. The summed E-state index contributed by atoms with van der Waals surface area (Å²) in [5.41, 5.74) is 0.364. The Kier molecular flexibility index (Phi) is 5.01. The van der Waals surface area contributed by atoms with Crippen LogP contribution in [0.25, 0.3) is 0 Å². The van der Waals surface area contributed by atoms with Gasteiger partial charge in [-0.15, -0.1) is 23.7 Å². The molecule has 1 unspecified atom stereocenters. The molecule has 1 aromatic heterocycles. The minimum Gasteiger partial charge on any atom is -0.355 e. The van der Waals surface area contributed by atoms with Crippen LogP contribution in [0, 0.1) is 11.3 Å². The van der Waals surface area contributed by atoms with E-state index in [0.717, 1.165) is 26.1 Å². The Morgan fingerprint density at radius 1 is 1.48 bits per heavy atom. The van der Waals surface area contributed by atoms with Gasteiger partial charge in [0.2, 0.25) is 5.91 Å². The molecule has 2 heterocycles. The monoisotopic (exact) mass is 328 g/mol. The molecular weight excluding hydrogens is 304 g/mol. The second-order valence-corrected chi connectivity index (χ2v) is 7.90. The molecule has 0 aromatic carbocycles. The molecule has 3 nitrogen and oxygen atoms in total. The number of hydrogen-bond acceptors (Lipinski definition) is 3. The highest BCUT2D eigenvalue weighted by molar-refractivity contribution is 7.10. The molecular formula is C16H25ClN2OS. The summed E-state index contributed by atoms with van der Waals surface area (Å²) in [6, 6.07) is 4.23. The summed E-state index contributed by atoms with van der Waals surface area (Å²) in [5, 5.41) is 8.68. The van der Waals surface area contributed by atoms with Crippen LogP contribution in [0.2, 0.25) is 0 Å². The number of amides is 1. The largest absolute Gasteiger partial charge is 0.355 e. The van der Waals surface area contributed by atoms with Gasteiger partial charge in [0, 0.05) is 22.8 Å². The van der Waals surface area contributed by atoms with E-state index >= 15 is 0 Å². The average Bonchev–Trinajstić information content (AvgIpc) is 2.91. The molecule has 1 spiro atoms. The molecule has 1 amide bonds. The van der Waals surface area contributed by atoms with E-state index in [4.69, 9.17) is 0 Å². The van der Waals surface area contributed by atoms with Crippen LogP contribution in [-0.4, -0.2) is 25.5 Å². The number of nitrogens with one attached hydrogen (secondary N) is 2. The minimum atomic E-state index is 0. The van der Waals surface area contributed by atoms with Crippen molar-refractivity contribution in [1.82, 2.24) is 10.6 Å². The molecule has 0 bridgehead atoms. The van der Waals surface area contributed by atoms with Crippen LogP contribution < -0.4 is 10.6 Å². The summed E-state index contributed by atoms with van der Waals surface area (Å²) >= 11 is 1.77. The van der Waals surface area contributed by atoms with Crippen molar-refractivity contribution in [2.45, 2.75) is 38.5 Å². The van der Waals surface area contributed by atoms with E-state index in [9.17, 15) is 4.79 Å². The number of halogens is 1. The first-order valence-corrected chi connectivity index (χ1v) is 8.44. The zero-order valence-corrected chi connectivity index (χ0v) is 14.4. The fraction of sp³-hybridized carbons (Fsp3) is 0.688. The van der Waals surface area contributed by atoms with Crippen molar-refractivity contribution < 1.29 is 4.79 Å². The standard InChI is InChI=1S/C16H24N2OS.ClH/c1-15(2,13-4-3-9-20-13)11-18-14(19)12-10-16(12)5-7-17-8-6-16;/h3-4,9,12,17H,5-8,10-11H2,1-2H3,(H,18,19);1H. The van der Waals surface area contributed by atoms with Crippen molar-refractivity contribution >= 4 is 29.7 Å². The van der Waals surface area contributed by atoms with Gasteiger partial charge in [0.1, 0.15) is 0 Å². The van der Waals surface area contributed by atoms with Crippen molar-refractivity contribution in [3.8, 4) is 0 Å². The van der Waals surface area contributed by atoms with Crippen LogP contribution in [0.15, 0.2) is 17.5 Å². The van der Waals surface area contributed by atoms with E-state index in [0.29, 0.717) is 5.41 Å². The maximum absolute atomic E-state index is 12.4. The minimum absolute atomic E-state index is 0. The summed E-state index contributed by atoms with van der Waals surface area (Å²) in [5.74, 6) is 0.542. The number of rotatable bonds is 4. The SMILES string of the molecule is CC(C)(CNC(=O)C1CC12CCNCC2)c1cccs1.Cl. The molecule has 1 aliphatic carbocycles. The van der Waals surface area contributed by atoms with Crippen LogP contribution in [0.5, 0.6) is 0 Å². The Bertz CT molecular complexity index is 480. The predicted octanol–water partition coefficient (Wildman–Crippen LogP) is 2.95. The number of carbonyl (C=O) groups is 1. The van der Waals surface area contributed by atoms with Gasteiger partial charge < -0.3 is 10.6 Å².